The van der Waals surface area contributed by atoms with Crippen molar-refractivity contribution in [2.75, 3.05) is 27.2 Å². The average molecular weight is 440 g/mol. The van der Waals surface area contributed by atoms with Crippen molar-refractivity contribution in [2.24, 2.45) is 4.99 Å². The van der Waals surface area contributed by atoms with Gasteiger partial charge in [0.2, 0.25) is 0 Å². The summed E-state index contributed by atoms with van der Waals surface area (Å²) in [6, 6.07) is 14.1. The lowest BCUT2D eigenvalue weighted by Crippen LogP contribution is -2.39. The zero-order chi connectivity index (χ0) is 16.3. The summed E-state index contributed by atoms with van der Waals surface area (Å²) >= 11 is 0. The minimum Gasteiger partial charge on any atom is -0.497 e. The number of ether oxygens (including phenoxy) is 1. The molecule has 6 heteroatoms. The van der Waals surface area contributed by atoms with Gasteiger partial charge in [-0.1, -0.05) is 18.2 Å². The normalized spacial score (nSPS) is 10.7. The largest absolute Gasteiger partial charge is 0.497 e. The molecule has 0 atom stereocenters. The minimum atomic E-state index is 0. The Morgan fingerprint density at radius 2 is 1.75 bits per heavy atom. The summed E-state index contributed by atoms with van der Waals surface area (Å²) in [5.74, 6) is 1.70. The minimum absolute atomic E-state index is 0. The van der Waals surface area contributed by atoms with Crippen LogP contribution in [-0.2, 0) is 12.8 Å². The molecule has 0 aliphatic heterocycles. The van der Waals surface area contributed by atoms with Crippen molar-refractivity contribution in [3.8, 4) is 5.75 Å². The Bertz CT molecular complexity index is 602. The molecule has 0 unspecified atom stereocenters. The molecule has 130 valence electrons. The van der Waals surface area contributed by atoms with E-state index in [0.29, 0.717) is 0 Å². The first-order valence-corrected chi connectivity index (χ1v) is 7.79. The predicted molar refractivity (Wildman–Crippen MR) is 109 cm³/mol. The highest BCUT2D eigenvalue weighted by atomic mass is 127. The molecule has 0 amide bonds. The van der Waals surface area contributed by atoms with Crippen LogP contribution in [0.1, 0.15) is 11.3 Å². The van der Waals surface area contributed by atoms with Gasteiger partial charge < -0.3 is 15.4 Å². The van der Waals surface area contributed by atoms with Gasteiger partial charge in [0.15, 0.2) is 5.96 Å². The second kappa shape index (κ2) is 11.7. The number of nitrogens with zero attached hydrogens (tertiary/aromatic N) is 2. The number of nitrogens with one attached hydrogen (secondary N) is 2. The number of benzene rings is 1. The lowest BCUT2D eigenvalue weighted by atomic mass is 10.1. The van der Waals surface area contributed by atoms with Crippen LogP contribution in [0.4, 0.5) is 0 Å². The number of aliphatic imine (C=N–C) groups is 1. The maximum atomic E-state index is 5.16. The van der Waals surface area contributed by atoms with Crippen molar-refractivity contribution in [1.82, 2.24) is 15.6 Å². The van der Waals surface area contributed by atoms with Gasteiger partial charge >= 0.3 is 0 Å². The van der Waals surface area contributed by atoms with Crippen LogP contribution in [0.15, 0.2) is 53.7 Å². The van der Waals surface area contributed by atoms with E-state index in [4.69, 9.17) is 4.74 Å². The number of halogens is 1. The van der Waals surface area contributed by atoms with Gasteiger partial charge in [-0.2, -0.15) is 0 Å². The molecule has 24 heavy (non-hydrogen) atoms. The van der Waals surface area contributed by atoms with Gasteiger partial charge in [-0.05, 0) is 36.2 Å². The summed E-state index contributed by atoms with van der Waals surface area (Å²) in [5, 5.41) is 6.62. The number of pyridine rings is 1. The van der Waals surface area contributed by atoms with E-state index in [1.165, 1.54) is 5.56 Å². The van der Waals surface area contributed by atoms with E-state index in [2.05, 4.69) is 32.7 Å². The third kappa shape index (κ3) is 7.16. The molecule has 0 radical (unpaired) electrons. The van der Waals surface area contributed by atoms with E-state index < -0.39 is 0 Å². The van der Waals surface area contributed by atoms with Crippen LogP contribution in [0.3, 0.4) is 0 Å². The Morgan fingerprint density at radius 1 is 1.04 bits per heavy atom. The fourth-order valence-corrected chi connectivity index (χ4v) is 2.19. The zero-order valence-corrected chi connectivity index (χ0v) is 16.5. The molecule has 0 fully saturated rings. The first-order valence-electron chi connectivity index (χ1n) is 7.79. The summed E-state index contributed by atoms with van der Waals surface area (Å²) in [4.78, 5) is 8.54. The molecule has 0 aliphatic carbocycles. The first kappa shape index (κ1) is 20.2. The molecule has 1 aromatic carbocycles. The number of guanidine groups is 1. The third-order valence-corrected chi connectivity index (χ3v) is 3.49. The van der Waals surface area contributed by atoms with Crippen LogP contribution in [0.5, 0.6) is 5.75 Å². The van der Waals surface area contributed by atoms with Crippen molar-refractivity contribution >= 4 is 29.9 Å². The summed E-state index contributed by atoms with van der Waals surface area (Å²) in [6.07, 6.45) is 3.63. The highest BCUT2D eigenvalue weighted by molar-refractivity contribution is 14.0. The molecule has 0 saturated carbocycles. The van der Waals surface area contributed by atoms with E-state index in [0.717, 1.165) is 43.3 Å². The quantitative estimate of drug-likeness (QED) is 0.395. The van der Waals surface area contributed by atoms with Crippen molar-refractivity contribution in [2.45, 2.75) is 12.8 Å². The van der Waals surface area contributed by atoms with Crippen molar-refractivity contribution < 1.29 is 4.74 Å². The number of hydrogen-bond acceptors (Lipinski definition) is 3. The standard InChI is InChI=1S/C18H24N4O.HI/c1-19-18(22-14-11-16-5-3-4-12-20-16)21-13-10-15-6-8-17(23-2)9-7-15;/h3-9,12H,10-11,13-14H2,1-2H3,(H2,19,21,22);1H. The topological polar surface area (TPSA) is 58.5 Å². The average Bonchev–Trinajstić information content (AvgIpc) is 2.62. The second-order valence-electron chi connectivity index (χ2n) is 5.09. The molecular weight excluding hydrogens is 415 g/mol. The monoisotopic (exact) mass is 440 g/mol. The molecule has 5 nitrogen and oxygen atoms in total. The molecule has 2 rings (SSSR count). The van der Waals surface area contributed by atoms with Gasteiger partial charge in [-0.15, -0.1) is 24.0 Å². The Hall–Kier alpha value is -1.83. The molecule has 0 saturated heterocycles. The van der Waals surface area contributed by atoms with E-state index in [1.54, 1.807) is 14.2 Å². The highest BCUT2D eigenvalue weighted by Crippen LogP contribution is 2.11. The van der Waals surface area contributed by atoms with E-state index >= 15 is 0 Å². The van der Waals surface area contributed by atoms with Crippen molar-refractivity contribution in [3.63, 3.8) is 0 Å². The van der Waals surface area contributed by atoms with E-state index in [9.17, 15) is 0 Å². The fraction of sp³-hybridized carbons (Fsp3) is 0.333. The Morgan fingerprint density at radius 3 is 2.33 bits per heavy atom. The second-order valence-corrected chi connectivity index (χ2v) is 5.09. The summed E-state index contributed by atoms with van der Waals surface area (Å²) in [7, 11) is 3.46. The maximum Gasteiger partial charge on any atom is 0.190 e. The van der Waals surface area contributed by atoms with Gasteiger partial charge in [-0.3, -0.25) is 9.98 Å². The van der Waals surface area contributed by atoms with E-state index in [1.807, 2.05) is 36.5 Å². The molecule has 2 aromatic rings. The molecule has 1 aromatic heterocycles. The van der Waals surface area contributed by atoms with Gasteiger partial charge in [-0.25, -0.2) is 0 Å². The van der Waals surface area contributed by atoms with Crippen LogP contribution >= 0.6 is 24.0 Å². The smallest absolute Gasteiger partial charge is 0.190 e. The van der Waals surface area contributed by atoms with Crippen LogP contribution in [0.25, 0.3) is 0 Å². The summed E-state index contributed by atoms with van der Waals surface area (Å²) in [5.41, 5.74) is 2.34. The lowest BCUT2D eigenvalue weighted by Gasteiger charge is -2.12. The van der Waals surface area contributed by atoms with Crippen LogP contribution in [0.2, 0.25) is 0 Å². The van der Waals surface area contributed by atoms with Gasteiger partial charge in [0.25, 0.3) is 0 Å². The lowest BCUT2D eigenvalue weighted by molar-refractivity contribution is 0.414. The first-order chi connectivity index (χ1) is 11.3. The fourth-order valence-electron chi connectivity index (χ4n) is 2.19. The molecule has 0 spiro atoms. The maximum absolute atomic E-state index is 5.16. The van der Waals surface area contributed by atoms with Crippen LogP contribution in [-0.4, -0.2) is 38.2 Å². The summed E-state index contributed by atoms with van der Waals surface area (Å²) in [6.45, 7) is 1.63. The van der Waals surface area contributed by atoms with Gasteiger partial charge in [0.05, 0.1) is 7.11 Å². The Labute approximate surface area is 161 Å². The summed E-state index contributed by atoms with van der Waals surface area (Å²) < 4.78 is 5.16. The highest BCUT2D eigenvalue weighted by Gasteiger charge is 1.99. The SMILES string of the molecule is CN=C(NCCc1ccc(OC)cc1)NCCc1ccccn1.I. The number of methoxy groups -OCH3 is 1. The van der Waals surface area contributed by atoms with Crippen molar-refractivity contribution in [1.29, 1.82) is 0 Å². The number of rotatable bonds is 7. The molecule has 0 bridgehead atoms. The van der Waals surface area contributed by atoms with E-state index in [-0.39, 0.29) is 24.0 Å². The number of hydrogen-bond donors (Lipinski definition) is 2. The van der Waals surface area contributed by atoms with Gasteiger partial charge in [0.1, 0.15) is 5.75 Å². The van der Waals surface area contributed by atoms with Crippen LogP contribution < -0.4 is 15.4 Å². The zero-order valence-electron chi connectivity index (χ0n) is 14.2. The Kier molecular flexibility index (Phi) is 9.83. The van der Waals surface area contributed by atoms with Gasteiger partial charge in [0, 0.05) is 38.4 Å². The third-order valence-electron chi connectivity index (χ3n) is 3.49. The molecule has 1 heterocycles. The molecule has 0 aliphatic rings. The number of aromatic nitrogens is 1. The van der Waals surface area contributed by atoms with Crippen molar-refractivity contribution in [3.05, 3.63) is 59.9 Å². The predicted octanol–water partition coefficient (Wildman–Crippen LogP) is 2.66. The molecule has 2 N–H and O–H groups in total. The van der Waals surface area contributed by atoms with Crippen LogP contribution in [0, 0.1) is 0 Å². The Balaban J connectivity index is 0.00000288. The molecular formula is C18H25IN4O.